The largest absolute Gasteiger partial charge is 0.444 e. The Kier molecular flexibility index (Phi) is 6.24. The number of amides is 2. The monoisotopic (exact) mass is 464 g/mol. The Balaban J connectivity index is 1.19. The molecule has 2 fully saturated rings. The van der Waals surface area contributed by atoms with Crippen LogP contribution in [0.2, 0.25) is 0 Å². The maximum atomic E-state index is 13.8. The fourth-order valence-electron chi connectivity index (χ4n) is 6.37. The van der Waals surface area contributed by atoms with Crippen molar-refractivity contribution in [2.45, 2.75) is 90.7 Å². The molecule has 3 aliphatic carbocycles. The van der Waals surface area contributed by atoms with Gasteiger partial charge in [-0.1, -0.05) is 23.8 Å². The standard InChI is InChI=1S/C29H40N2O3/c1-18-5-12-23-22(15-18)16-25-24(23)13-14-31(26(25)20-10-11-20)27(32)21-8-6-19(7-9-21)17-30-28(33)34-29(2,3)4/h5,12,15,19-21,26H,6-11,13-14,16-17H2,1-4H3,(H,30,33). The number of ether oxygens (including phenoxy) is 1. The first kappa shape index (κ1) is 23.4. The number of hydrogen-bond acceptors (Lipinski definition) is 3. The van der Waals surface area contributed by atoms with Crippen molar-refractivity contribution >= 4 is 17.6 Å². The average Bonchev–Trinajstić information content (AvgIpc) is 3.56. The van der Waals surface area contributed by atoms with Crippen LogP contribution in [-0.2, 0) is 16.0 Å². The first-order valence-electron chi connectivity index (χ1n) is 13.3. The zero-order valence-corrected chi connectivity index (χ0v) is 21.3. The SMILES string of the molecule is Cc1ccc2c(c1)CC1=C2CCN(C(=O)C2CCC(CNC(=O)OC(C)(C)C)CC2)C1C1CC1. The molecule has 4 aliphatic rings. The van der Waals surface area contributed by atoms with Crippen LogP contribution in [0.1, 0.15) is 82.4 Å². The molecular weight excluding hydrogens is 424 g/mol. The Morgan fingerprint density at radius 3 is 2.50 bits per heavy atom. The molecule has 1 atom stereocenters. The number of benzene rings is 1. The van der Waals surface area contributed by atoms with Crippen molar-refractivity contribution < 1.29 is 14.3 Å². The highest BCUT2D eigenvalue weighted by atomic mass is 16.6. The molecule has 1 unspecified atom stereocenters. The van der Waals surface area contributed by atoms with Gasteiger partial charge in [-0.25, -0.2) is 4.79 Å². The molecule has 184 valence electrons. The van der Waals surface area contributed by atoms with E-state index in [2.05, 4.69) is 35.3 Å². The third-order valence-corrected chi connectivity index (χ3v) is 8.13. The van der Waals surface area contributed by atoms with Crippen LogP contribution in [-0.4, -0.2) is 41.6 Å². The van der Waals surface area contributed by atoms with Gasteiger partial charge in [0.2, 0.25) is 5.91 Å². The van der Waals surface area contributed by atoms with E-state index in [-0.39, 0.29) is 12.0 Å². The molecule has 0 saturated heterocycles. The average molecular weight is 465 g/mol. The number of carbonyl (C=O) groups excluding carboxylic acids is 2. The first-order chi connectivity index (χ1) is 16.2. The van der Waals surface area contributed by atoms with Gasteiger partial charge in [-0.3, -0.25) is 4.79 Å². The lowest BCUT2D eigenvalue weighted by atomic mass is 9.80. The summed E-state index contributed by atoms with van der Waals surface area (Å²) in [5.41, 5.74) is 6.83. The summed E-state index contributed by atoms with van der Waals surface area (Å²) in [6, 6.07) is 7.20. The number of aryl methyl sites for hydroxylation is 1. The number of carbonyl (C=O) groups is 2. The van der Waals surface area contributed by atoms with E-state index in [1.807, 2.05) is 20.8 Å². The van der Waals surface area contributed by atoms with Gasteiger partial charge in [0, 0.05) is 19.0 Å². The fraction of sp³-hybridized carbons (Fsp3) is 0.655. The Bertz CT molecular complexity index is 993. The minimum atomic E-state index is -0.477. The van der Waals surface area contributed by atoms with Gasteiger partial charge in [-0.2, -0.15) is 0 Å². The quantitative estimate of drug-likeness (QED) is 0.627. The van der Waals surface area contributed by atoms with Gasteiger partial charge in [0.1, 0.15) is 5.60 Å². The second kappa shape index (κ2) is 9.05. The van der Waals surface area contributed by atoms with E-state index in [9.17, 15) is 9.59 Å². The molecule has 1 aromatic carbocycles. The summed E-state index contributed by atoms with van der Waals surface area (Å²) in [5.74, 6) is 1.60. The van der Waals surface area contributed by atoms with Crippen molar-refractivity contribution in [3.8, 4) is 0 Å². The minimum Gasteiger partial charge on any atom is -0.444 e. The molecule has 1 heterocycles. The van der Waals surface area contributed by atoms with Crippen LogP contribution in [0.25, 0.3) is 5.57 Å². The first-order valence-corrected chi connectivity index (χ1v) is 13.3. The van der Waals surface area contributed by atoms with Crippen molar-refractivity contribution in [2.75, 3.05) is 13.1 Å². The van der Waals surface area contributed by atoms with Crippen LogP contribution in [0.4, 0.5) is 4.79 Å². The highest BCUT2D eigenvalue weighted by molar-refractivity contribution is 5.84. The van der Waals surface area contributed by atoms with E-state index < -0.39 is 5.60 Å². The zero-order valence-electron chi connectivity index (χ0n) is 21.3. The number of nitrogens with zero attached hydrogens (tertiary/aromatic N) is 1. The third-order valence-electron chi connectivity index (χ3n) is 8.13. The molecule has 2 amide bonds. The number of fused-ring (bicyclic) bond motifs is 2. The molecule has 5 nitrogen and oxygen atoms in total. The maximum absolute atomic E-state index is 13.8. The Labute approximate surface area is 204 Å². The molecule has 1 N–H and O–H groups in total. The van der Waals surface area contributed by atoms with Gasteiger partial charge < -0.3 is 15.0 Å². The number of nitrogens with one attached hydrogen (secondary N) is 1. The van der Waals surface area contributed by atoms with E-state index in [1.165, 1.54) is 40.7 Å². The van der Waals surface area contributed by atoms with Crippen molar-refractivity contribution in [2.24, 2.45) is 17.8 Å². The zero-order chi connectivity index (χ0) is 24.0. The van der Waals surface area contributed by atoms with Gasteiger partial charge in [-0.05, 0) is 113 Å². The molecule has 0 bridgehead atoms. The maximum Gasteiger partial charge on any atom is 0.407 e. The van der Waals surface area contributed by atoms with Crippen LogP contribution >= 0.6 is 0 Å². The summed E-state index contributed by atoms with van der Waals surface area (Å²) in [4.78, 5) is 28.0. The summed E-state index contributed by atoms with van der Waals surface area (Å²) in [6.45, 7) is 9.31. The minimum absolute atomic E-state index is 0.132. The smallest absolute Gasteiger partial charge is 0.407 e. The summed E-state index contributed by atoms with van der Waals surface area (Å²) >= 11 is 0. The van der Waals surface area contributed by atoms with Gasteiger partial charge in [0.15, 0.2) is 0 Å². The van der Waals surface area contributed by atoms with Gasteiger partial charge in [0.25, 0.3) is 0 Å². The molecule has 1 aromatic rings. The molecule has 0 radical (unpaired) electrons. The highest BCUT2D eigenvalue weighted by Gasteiger charge is 2.46. The Morgan fingerprint density at radius 2 is 1.82 bits per heavy atom. The molecule has 0 aromatic heterocycles. The Morgan fingerprint density at radius 1 is 1.09 bits per heavy atom. The van der Waals surface area contributed by atoms with E-state index in [1.54, 1.807) is 0 Å². The second-order valence-electron chi connectivity index (χ2n) is 12.0. The predicted octanol–water partition coefficient (Wildman–Crippen LogP) is 5.65. The van der Waals surface area contributed by atoms with Crippen molar-refractivity contribution in [3.63, 3.8) is 0 Å². The van der Waals surface area contributed by atoms with Crippen LogP contribution in [0.5, 0.6) is 0 Å². The fourth-order valence-corrected chi connectivity index (χ4v) is 6.37. The molecular formula is C29H40N2O3. The lowest BCUT2D eigenvalue weighted by Gasteiger charge is -2.41. The van der Waals surface area contributed by atoms with Crippen LogP contribution in [0.15, 0.2) is 23.8 Å². The summed E-state index contributed by atoms with van der Waals surface area (Å²) in [7, 11) is 0. The summed E-state index contributed by atoms with van der Waals surface area (Å²) < 4.78 is 5.36. The molecule has 5 rings (SSSR count). The number of hydrogen-bond donors (Lipinski definition) is 1. The van der Waals surface area contributed by atoms with Crippen LogP contribution < -0.4 is 5.32 Å². The molecule has 0 spiro atoms. The van der Waals surface area contributed by atoms with Crippen molar-refractivity contribution in [3.05, 3.63) is 40.5 Å². The van der Waals surface area contributed by atoms with Crippen molar-refractivity contribution in [1.29, 1.82) is 0 Å². The third kappa shape index (κ3) is 4.89. The van der Waals surface area contributed by atoms with E-state index >= 15 is 0 Å². The van der Waals surface area contributed by atoms with Crippen molar-refractivity contribution in [1.82, 2.24) is 10.2 Å². The van der Waals surface area contributed by atoms with Gasteiger partial charge >= 0.3 is 6.09 Å². The van der Waals surface area contributed by atoms with Crippen LogP contribution in [0.3, 0.4) is 0 Å². The van der Waals surface area contributed by atoms with Gasteiger partial charge in [0.05, 0.1) is 6.04 Å². The topological polar surface area (TPSA) is 58.6 Å². The van der Waals surface area contributed by atoms with Crippen LogP contribution in [0, 0.1) is 24.7 Å². The summed E-state index contributed by atoms with van der Waals surface area (Å²) in [6.07, 6.45) is 8.03. The molecule has 1 aliphatic heterocycles. The normalized spacial score (nSPS) is 26.7. The molecule has 2 saturated carbocycles. The van der Waals surface area contributed by atoms with Gasteiger partial charge in [-0.15, -0.1) is 0 Å². The number of rotatable bonds is 4. The Hall–Kier alpha value is -2.30. The van der Waals surface area contributed by atoms with E-state index in [0.29, 0.717) is 30.3 Å². The molecule has 5 heteroatoms. The lowest BCUT2D eigenvalue weighted by molar-refractivity contribution is -0.139. The summed E-state index contributed by atoms with van der Waals surface area (Å²) in [5, 5.41) is 2.92. The second-order valence-corrected chi connectivity index (χ2v) is 12.0. The lowest BCUT2D eigenvalue weighted by Crippen LogP contribution is -2.49. The van der Waals surface area contributed by atoms with E-state index in [0.717, 1.165) is 45.1 Å². The molecule has 34 heavy (non-hydrogen) atoms. The number of alkyl carbamates (subject to hydrolysis) is 1. The highest BCUT2D eigenvalue weighted by Crippen LogP contribution is 2.49. The van der Waals surface area contributed by atoms with E-state index in [4.69, 9.17) is 4.74 Å². The predicted molar refractivity (Wildman–Crippen MR) is 134 cm³/mol.